The second kappa shape index (κ2) is 10.4. The molecule has 2 aromatic carbocycles. The molecule has 220 valence electrons. The van der Waals surface area contributed by atoms with Gasteiger partial charge in [-0.05, 0) is 48.2 Å². The lowest BCUT2D eigenvalue weighted by Crippen LogP contribution is -2.55. The number of fused-ring (bicyclic) bond motifs is 1. The van der Waals surface area contributed by atoms with Crippen LogP contribution < -0.4 is 10.2 Å². The number of anilines is 1. The van der Waals surface area contributed by atoms with Crippen molar-refractivity contribution in [2.45, 2.75) is 51.2 Å². The molecular formula is C32H36FN5O4. The van der Waals surface area contributed by atoms with Crippen molar-refractivity contribution in [3.63, 3.8) is 0 Å². The SMILES string of the molecule is CN1CCN(c2ccc(CN3CC[C@](O)(c4ccc5ncc(C6CCC(=O)NC6=O)cc5c4F)C(C)(C)C3)cc2)C1=O. The van der Waals surface area contributed by atoms with E-state index >= 15 is 4.39 Å². The molecule has 3 saturated heterocycles. The van der Waals surface area contributed by atoms with Gasteiger partial charge in [-0.1, -0.05) is 32.0 Å². The average molecular weight is 574 g/mol. The van der Waals surface area contributed by atoms with E-state index in [4.69, 9.17) is 0 Å². The Morgan fingerprint density at radius 2 is 1.83 bits per heavy atom. The first-order valence-electron chi connectivity index (χ1n) is 14.5. The fraction of sp³-hybridized carbons (Fsp3) is 0.438. The van der Waals surface area contributed by atoms with Crippen LogP contribution in [0.4, 0.5) is 14.9 Å². The number of hydrogen-bond donors (Lipinski definition) is 2. The summed E-state index contributed by atoms with van der Waals surface area (Å²) in [4.78, 5) is 46.5. The summed E-state index contributed by atoms with van der Waals surface area (Å²) >= 11 is 0. The van der Waals surface area contributed by atoms with Crippen LogP contribution in [0.15, 0.2) is 48.7 Å². The number of benzene rings is 2. The van der Waals surface area contributed by atoms with Gasteiger partial charge in [-0.3, -0.25) is 29.7 Å². The minimum absolute atomic E-state index is 0.00344. The third kappa shape index (κ3) is 4.82. The zero-order valence-corrected chi connectivity index (χ0v) is 24.2. The summed E-state index contributed by atoms with van der Waals surface area (Å²) in [7, 11) is 1.80. The zero-order valence-electron chi connectivity index (χ0n) is 24.2. The van der Waals surface area contributed by atoms with Crippen LogP contribution in [0.1, 0.15) is 55.7 Å². The van der Waals surface area contributed by atoms with Crippen LogP contribution in [0.2, 0.25) is 0 Å². The number of urea groups is 1. The molecule has 0 saturated carbocycles. The third-order valence-corrected chi connectivity index (χ3v) is 9.31. The molecule has 2 atom stereocenters. The van der Waals surface area contributed by atoms with Gasteiger partial charge in [0.15, 0.2) is 0 Å². The van der Waals surface area contributed by atoms with E-state index in [0.717, 1.165) is 11.3 Å². The Kier molecular flexibility index (Phi) is 7.01. The van der Waals surface area contributed by atoms with Gasteiger partial charge in [-0.25, -0.2) is 9.18 Å². The van der Waals surface area contributed by atoms with Gasteiger partial charge < -0.3 is 10.0 Å². The van der Waals surface area contributed by atoms with Crippen LogP contribution >= 0.6 is 0 Å². The van der Waals surface area contributed by atoms with Crippen LogP contribution in [-0.2, 0) is 21.7 Å². The van der Waals surface area contributed by atoms with Gasteiger partial charge in [0.25, 0.3) is 0 Å². The largest absolute Gasteiger partial charge is 0.384 e. The Hall–Kier alpha value is -3.89. The molecule has 1 unspecified atom stereocenters. The summed E-state index contributed by atoms with van der Waals surface area (Å²) in [5.74, 6) is -1.81. The van der Waals surface area contributed by atoms with E-state index in [1.165, 1.54) is 0 Å². The highest BCUT2D eigenvalue weighted by Crippen LogP contribution is 2.48. The van der Waals surface area contributed by atoms with Gasteiger partial charge in [0.1, 0.15) is 5.82 Å². The fourth-order valence-electron chi connectivity index (χ4n) is 6.69. The number of likely N-dealkylation sites (tertiary alicyclic amines) is 1. The van der Waals surface area contributed by atoms with E-state index < -0.39 is 28.7 Å². The van der Waals surface area contributed by atoms with Crippen molar-refractivity contribution in [1.82, 2.24) is 20.1 Å². The number of piperidine rings is 2. The smallest absolute Gasteiger partial charge is 0.324 e. The predicted molar refractivity (Wildman–Crippen MR) is 156 cm³/mol. The highest BCUT2D eigenvalue weighted by Gasteiger charge is 2.50. The molecule has 6 rings (SSSR count). The maximum atomic E-state index is 16.2. The molecule has 10 heteroatoms. The number of aliphatic hydroxyl groups is 1. The number of carbonyl (C=O) groups excluding carboxylic acids is 3. The number of carbonyl (C=O) groups is 3. The minimum Gasteiger partial charge on any atom is -0.384 e. The summed E-state index contributed by atoms with van der Waals surface area (Å²) in [5.41, 5.74) is 1.10. The van der Waals surface area contributed by atoms with E-state index in [9.17, 15) is 19.5 Å². The van der Waals surface area contributed by atoms with Crippen molar-refractivity contribution >= 4 is 34.4 Å². The van der Waals surface area contributed by atoms with E-state index in [0.29, 0.717) is 56.6 Å². The summed E-state index contributed by atoms with van der Waals surface area (Å²) in [6.45, 7) is 7.09. The van der Waals surface area contributed by atoms with E-state index in [1.54, 1.807) is 41.2 Å². The molecule has 1 aromatic heterocycles. The molecule has 3 aromatic rings. The summed E-state index contributed by atoms with van der Waals surface area (Å²) in [5, 5.41) is 14.7. The van der Waals surface area contributed by atoms with Crippen LogP contribution in [-0.4, -0.2) is 71.0 Å². The van der Waals surface area contributed by atoms with E-state index in [-0.39, 0.29) is 29.3 Å². The maximum Gasteiger partial charge on any atom is 0.324 e. The second-order valence-electron chi connectivity index (χ2n) is 12.5. The monoisotopic (exact) mass is 573 g/mol. The molecule has 3 aliphatic heterocycles. The van der Waals surface area contributed by atoms with Gasteiger partial charge in [0.2, 0.25) is 11.8 Å². The molecule has 0 aliphatic carbocycles. The van der Waals surface area contributed by atoms with Crippen molar-refractivity contribution in [3.05, 3.63) is 71.2 Å². The molecular weight excluding hydrogens is 537 g/mol. The standard InChI is InChI=1S/C32H36FN5O4/c1-31(2)19-37(18-20-4-6-22(7-5-20)38-15-14-36(3)30(38)41)13-12-32(31,42)25-9-10-26-24(28(25)33)16-21(17-34-26)23-8-11-27(39)35-29(23)40/h4-7,9-10,16-17,23,42H,8,11-15,18-19H2,1-3H3,(H,35,39,40)/t23?,32-/m0/s1. The Morgan fingerprint density at radius 1 is 1.07 bits per heavy atom. The molecule has 3 fully saturated rings. The topological polar surface area (TPSA) is 106 Å². The van der Waals surface area contributed by atoms with Crippen LogP contribution in [0.3, 0.4) is 0 Å². The predicted octanol–water partition coefficient (Wildman–Crippen LogP) is 3.89. The van der Waals surface area contributed by atoms with Gasteiger partial charge >= 0.3 is 6.03 Å². The average Bonchev–Trinajstić information content (AvgIpc) is 3.29. The first-order chi connectivity index (χ1) is 20.0. The molecule has 0 bridgehead atoms. The van der Waals surface area contributed by atoms with Crippen molar-refractivity contribution in [1.29, 1.82) is 0 Å². The first kappa shape index (κ1) is 28.2. The number of nitrogens with zero attached hydrogens (tertiary/aromatic N) is 4. The Labute approximate surface area is 244 Å². The van der Waals surface area contributed by atoms with Crippen LogP contribution in [0, 0.1) is 11.2 Å². The fourth-order valence-corrected chi connectivity index (χ4v) is 6.69. The van der Waals surface area contributed by atoms with Gasteiger partial charge in [-0.2, -0.15) is 0 Å². The van der Waals surface area contributed by atoms with Crippen LogP contribution in [0.5, 0.6) is 0 Å². The van der Waals surface area contributed by atoms with Crippen molar-refractivity contribution < 1.29 is 23.9 Å². The van der Waals surface area contributed by atoms with E-state index in [1.807, 2.05) is 38.1 Å². The molecule has 0 spiro atoms. The van der Waals surface area contributed by atoms with Crippen molar-refractivity contribution in [2.24, 2.45) is 5.41 Å². The van der Waals surface area contributed by atoms with Crippen molar-refractivity contribution in [3.8, 4) is 0 Å². The summed E-state index contributed by atoms with van der Waals surface area (Å²) < 4.78 is 16.2. The number of hydrogen-bond acceptors (Lipinski definition) is 6. The number of likely N-dealkylation sites (N-methyl/N-ethyl adjacent to an activating group) is 1. The van der Waals surface area contributed by atoms with Crippen molar-refractivity contribution in [2.75, 3.05) is 38.1 Å². The number of amides is 4. The molecule has 42 heavy (non-hydrogen) atoms. The highest BCUT2D eigenvalue weighted by molar-refractivity contribution is 6.01. The second-order valence-corrected chi connectivity index (χ2v) is 12.5. The normalized spacial score (nSPS) is 24.9. The molecule has 4 amide bonds. The highest BCUT2D eigenvalue weighted by atomic mass is 19.1. The number of rotatable bonds is 5. The number of halogens is 1. The number of aromatic nitrogens is 1. The molecule has 2 N–H and O–H groups in total. The summed E-state index contributed by atoms with van der Waals surface area (Å²) in [6, 6.07) is 13.0. The zero-order chi connectivity index (χ0) is 29.8. The summed E-state index contributed by atoms with van der Waals surface area (Å²) in [6.07, 6.45) is 2.48. The Balaban J connectivity index is 1.21. The number of pyridine rings is 1. The van der Waals surface area contributed by atoms with E-state index in [2.05, 4.69) is 15.2 Å². The lowest BCUT2D eigenvalue weighted by molar-refractivity contribution is -0.134. The first-order valence-corrected chi connectivity index (χ1v) is 14.5. The Morgan fingerprint density at radius 3 is 2.50 bits per heavy atom. The van der Waals surface area contributed by atoms with Crippen LogP contribution in [0.25, 0.3) is 10.9 Å². The maximum absolute atomic E-state index is 16.2. The van der Waals surface area contributed by atoms with Gasteiger partial charge in [-0.15, -0.1) is 0 Å². The molecule has 3 aliphatic rings. The third-order valence-electron chi connectivity index (χ3n) is 9.31. The molecule has 0 radical (unpaired) electrons. The quantitative estimate of drug-likeness (QED) is 0.449. The molecule has 9 nitrogen and oxygen atoms in total. The Bertz CT molecular complexity index is 1580. The molecule has 4 heterocycles. The lowest BCUT2D eigenvalue weighted by atomic mass is 9.66. The van der Waals surface area contributed by atoms with Gasteiger partial charge in [0.05, 0.1) is 17.0 Å². The minimum atomic E-state index is -1.42. The number of imide groups is 1. The lowest BCUT2D eigenvalue weighted by Gasteiger charge is -2.50. The number of nitrogens with one attached hydrogen (secondary N) is 1. The van der Waals surface area contributed by atoms with Gasteiger partial charge in [0, 0.05) is 74.4 Å².